The third-order valence-electron chi connectivity index (χ3n) is 5.55. The summed E-state index contributed by atoms with van der Waals surface area (Å²) in [5, 5.41) is 0. The number of nitrogens with zero attached hydrogens (tertiary/aromatic N) is 3. The molecule has 3 heteroatoms. The number of imidazole rings is 1. The Morgan fingerprint density at radius 1 is 0.759 bits per heavy atom. The van der Waals surface area contributed by atoms with Crippen molar-refractivity contribution in [3.05, 3.63) is 84.4 Å². The van der Waals surface area contributed by atoms with E-state index < -0.39 is 0 Å². The van der Waals surface area contributed by atoms with Crippen LogP contribution in [0.25, 0.3) is 16.7 Å². The van der Waals surface area contributed by atoms with Gasteiger partial charge in [0, 0.05) is 0 Å². The van der Waals surface area contributed by atoms with Crippen LogP contribution in [0.15, 0.2) is 78.9 Å². The average Bonchev–Trinajstić information content (AvgIpc) is 3.09. The Labute approximate surface area is 173 Å². The van der Waals surface area contributed by atoms with Gasteiger partial charge in [0.1, 0.15) is 22.4 Å². The maximum Gasteiger partial charge on any atom is 0.370 e. The monoisotopic (exact) mass is 384 g/mol. The molecule has 29 heavy (non-hydrogen) atoms. The lowest BCUT2D eigenvalue weighted by molar-refractivity contribution is -0.679. The third-order valence-corrected chi connectivity index (χ3v) is 5.55. The molecule has 0 saturated carbocycles. The van der Waals surface area contributed by atoms with Gasteiger partial charge in [-0.25, -0.2) is 9.47 Å². The van der Waals surface area contributed by atoms with Gasteiger partial charge in [-0.2, -0.15) is 4.57 Å². The maximum atomic E-state index is 2.44. The number of rotatable bonds is 5. The Morgan fingerprint density at radius 2 is 1.38 bits per heavy atom. The highest BCUT2D eigenvalue weighted by Crippen LogP contribution is 2.34. The minimum absolute atomic E-state index is 0.327. The van der Waals surface area contributed by atoms with Crippen LogP contribution in [0, 0.1) is 0 Å². The second kappa shape index (κ2) is 7.75. The highest BCUT2D eigenvalue weighted by Gasteiger charge is 2.31. The van der Waals surface area contributed by atoms with E-state index in [0.717, 1.165) is 0 Å². The summed E-state index contributed by atoms with van der Waals surface area (Å²) in [5.41, 5.74) is 6.24. The highest BCUT2D eigenvalue weighted by atomic mass is 15.4. The number of hydrogen-bond donors (Lipinski definition) is 0. The van der Waals surface area contributed by atoms with E-state index in [2.05, 4.69) is 128 Å². The Kier molecular flexibility index (Phi) is 5.14. The van der Waals surface area contributed by atoms with Crippen LogP contribution >= 0.6 is 0 Å². The van der Waals surface area contributed by atoms with Gasteiger partial charge in [-0.05, 0) is 55.7 Å². The summed E-state index contributed by atoms with van der Waals surface area (Å²) in [6, 6.07) is 28.4. The lowest BCUT2D eigenvalue weighted by atomic mass is 10.0. The SMILES string of the molecule is CC(C)c1ccccc1N(C)c1n(-c2ccccc2)c2ccccc2[n+]1C(C)C. The Balaban J connectivity index is 2.07. The predicted octanol–water partition coefficient (Wildman–Crippen LogP) is 6.39. The molecule has 0 atom stereocenters. The minimum Gasteiger partial charge on any atom is -0.233 e. The molecule has 0 saturated heterocycles. The van der Waals surface area contributed by atoms with Gasteiger partial charge in [-0.15, -0.1) is 0 Å². The molecule has 0 fully saturated rings. The molecule has 0 aliphatic carbocycles. The van der Waals surface area contributed by atoms with Crippen molar-refractivity contribution in [2.24, 2.45) is 0 Å². The number of aromatic nitrogens is 2. The number of benzene rings is 3. The molecule has 1 aromatic heterocycles. The van der Waals surface area contributed by atoms with Crippen molar-refractivity contribution in [3.8, 4) is 5.69 Å². The Hall–Kier alpha value is -3.07. The quantitative estimate of drug-likeness (QED) is 0.363. The molecule has 3 nitrogen and oxygen atoms in total. The molecule has 0 aliphatic heterocycles. The second-order valence-corrected chi connectivity index (χ2v) is 8.20. The van der Waals surface area contributed by atoms with E-state index in [1.54, 1.807) is 0 Å². The fourth-order valence-electron chi connectivity index (χ4n) is 4.22. The van der Waals surface area contributed by atoms with Gasteiger partial charge in [0.05, 0.1) is 13.1 Å². The van der Waals surface area contributed by atoms with Gasteiger partial charge in [-0.1, -0.05) is 62.4 Å². The van der Waals surface area contributed by atoms with Gasteiger partial charge in [0.2, 0.25) is 0 Å². The lowest BCUT2D eigenvalue weighted by Crippen LogP contribution is -2.41. The molecule has 0 spiro atoms. The molecule has 0 amide bonds. The molecule has 0 unspecified atom stereocenters. The number of anilines is 2. The third kappa shape index (κ3) is 3.31. The molecule has 4 rings (SSSR count). The van der Waals surface area contributed by atoms with E-state index in [4.69, 9.17) is 0 Å². The molecule has 1 heterocycles. The molecular weight excluding hydrogens is 354 g/mol. The van der Waals surface area contributed by atoms with E-state index in [0.29, 0.717) is 12.0 Å². The van der Waals surface area contributed by atoms with Crippen molar-refractivity contribution < 1.29 is 4.57 Å². The van der Waals surface area contributed by atoms with Crippen molar-refractivity contribution in [1.82, 2.24) is 4.57 Å². The van der Waals surface area contributed by atoms with Gasteiger partial charge in [0.25, 0.3) is 0 Å². The molecule has 148 valence electrons. The standard InChI is InChI=1S/C26H30N3/c1-19(2)22-15-9-10-16-23(22)27(5)26-28(20(3)4)24-17-11-12-18-25(24)29(26)21-13-7-6-8-14-21/h6-20H,1-5H3/q+1. The summed E-state index contributed by atoms with van der Waals surface area (Å²) in [5.74, 6) is 1.62. The van der Waals surface area contributed by atoms with Crippen molar-refractivity contribution in [1.29, 1.82) is 0 Å². The smallest absolute Gasteiger partial charge is 0.233 e. The van der Waals surface area contributed by atoms with Crippen molar-refractivity contribution in [2.75, 3.05) is 11.9 Å². The van der Waals surface area contributed by atoms with Gasteiger partial charge in [-0.3, -0.25) is 0 Å². The summed E-state index contributed by atoms with van der Waals surface area (Å²) in [6.07, 6.45) is 0. The zero-order chi connectivity index (χ0) is 20.5. The number of hydrogen-bond acceptors (Lipinski definition) is 1. The first-order valence-corrected chi connectivity index (χ1v) is 10.4. The number of para-hydroxylation sites is 4. The van der Waals surface area contributed by atoms with Crippen LogP contribution < -0.4 is 9.47 Å². The normalized spacial score (nSPS) is 11.6. The van der Waals surface area contributed by atoms with E-state index in [-0.39, 0.29) is 0 Å². The van der Waals surface area contributed by atoms with E-state index in [1.807, 2.05) is 0 Å². The molecule has 0 aliphatic rings. The van der Waals surface area contributed by atoms with Crippen LogP contribution in [0.5, 0.6) is 0 Å². The molecule has 0 radical (unpaired) electrons. The number of fused-ring (bicyclic) bond motifs is 1. The zero-order valence-corrected chi connectivity index (χ0v) is 18.0. The van der Waals surface area contributed by atoms with Crippen LogP contribution in [0.4, 0.5) is 11.6 Å². The summed E-state index contributed by atoms with van der Waals surface area (Å²) >= 11 is 0. The van der Waals surface area contributed by atoms with Gasteiger partial charge < -0.3 is 0 Å². The Bertz CT molecular complexity index is 1120. The molecule has 3 aromatic carbocycles. The summed E-state index contributed by atoms with van der Waals surface area (Å²) in [4.78, 5) is 2.35. The van der Waals surface area contributed by atoms with Gasteiger partial charge in [0.15, 0.2) is 0 Å². The minimum atomic E-state index is 0.327. The molecular formula is C26H30N3+. The van der Waals surface area contributed by atoms with Crippen LogP contribution in [-0.4, -0.2) is 11.6 Å². The Morgan fingerprint density at radius 3 is 2.07 bits per heavy atom. The van der Waals surface area contributed by atoms with Crippen LogP contribution in [0.1, 0.15) is 45.2 Å². The van der Waals surface area contributed by atoms with Crippen LogP contribution in [-0.2, 0) is 0 Å². The molecule has 0 N–H and O–H groups in total. The zero-order valence-electron chi connectivity index (χ0n) is 18.0. The van der Waals surface area contributed by atoms with Crippen molar-refractivity contribution in [2.45, 2.75) is 39.7 Å². The largest absolute Gasteiger partial charge is 0.370 e. The predicted molar refractivity (Wildman–Crippen MR) is 122 cm³/mol. The second-order valence-electron chi connectivity index (χ2n) is 8.20. The van der Waals surface area contributed by atoms with Crippen LogP contribution in [0.3, 0.4) is 0 Å². The first-order chi connectivity index (χ1) is 14.0. The average molecular weight is 385 g/mol. The van der Waals surface area contributed by atoms with Gasteiger partial charge >= 0.3 is 5.95 Å². The topological polar surface area (TPSA) is 12.1 Å². The first-order valence-electron chi connectivity index (χ1n) is 10.4. The fourth-order valence-corrected chi connectivity index (χ4v) is 4.22. The lowest BCUT2D eigenvalue weighted by Gasteiger charge is -2.21. The fraction of sp³-hybridized carbons (Fsp3) is 0.269. The summed E-state index contributed by atoms with van der Waals surface area (Å²) in [6.45, 7) is 9.03. The van der Waals surface area contributed by atoms with E-state index in [1.165, 1.54) is 33.9 Å². The maximum absolute atomic E-state index is 2.44. The summed E-state index contributed by atoms with van der Waals surface area (Å²) in [7, 11) is 2.19. The summed E-state index contributed by atoms with van der Waals surface area (Å²) < 4.78 is 4.83. The van der Waals surface area contributed by atoms with E-state index >= 15 is 0 Å². The molecule has 0 bridgehead atoms. The molecule has 4 aromatic rings. The van der Waals surface area contributed by atoms with Crippen molar-refractivity contribution >= 4 is 22.7 Å². The highest BCUT2D eigenvalue weighted by molar-refractivity contribution is 5.79. The van der Waals surface area contributed by atoms with Crippen molar-refractivity contribution in [3.63, 3.8) is 0 Å². The van der Waals surface area contributed by atoms with Crippen LogP contribution in [0.2, 0.25) is 0 Å². The van der Waals surface area contributed by atoms with E-state index in [9.17, 15) is 0 Å². The first kappa shape index (κ1) is 19.3.